The molecule has 1 aliphatic carbocycles. The number of carboxylic acid groups (broad SMARTS) is 1. The van der Waals surface area contributed by atoms with Crippen LogP contribution in [0.5, 0.6) is 0 Å². The zero-order valence-electron chi connectivity index (χ0n) is 13.0. The lowest BCUT2D eigenvalue weighted by molar-refractivity contribution is -0.153. The zero-order chi connectivity index (χ0) is 16.6. The SMILES string of the molecule is Cc1ccc(C(=O)NC2CCN(C(=O)C3(C(=O)O)CC3)CC2)s1. The number of likely N-dealkylation sites (tertiary alicyclic amines) is 1. The molecule has 124 valence electrons. The monoisotopic (exact) mass is 336 g/mol. The number of aryl methyl sites for hydroxylation is 1. The van der Waals surface area contributed by atoms with Gasteiger partial charge in [-0.15, -0.1) is 11.3 Å². The Hall–Kier alpha value is -1.89. The van der Waals surface area contributed by atoms with Gasteiger partial charge in [0.25, 0.3) is 5.91 Å². The number of rotatable bonds is 4. The first-order chi connectivity index (χ1) is 10.9. The molecule has 0 aromatic carbocycles. The molecule has 0 bridgehead atoms. The van der Waals surface area contributed by atoms with E-state index in [1.807, 2.05) is 19.1 Å². The van der Waals surface area contributed by atoms with Crippen LogP contribution in [-0.2, 0) is 9.59 Å². The van der Waals surface area contributed by atoms with E-state index in [0.717, 1.165) is 4.88 Å². The van der Waals surface area contributed by atoms with Crippen molar-refractivity contribution in [2.75, 3.05) is 13.1 Å². The number of carbonyl (C=O) groups is 3. The fraction of sp³-hybridized carbons (Fsp3) is 0.562. The third kappa shape index (κ3) is 3.10. The van der Waals surface area contributed by atoms with Crippen LogP contribution in [0.2, 0.25) is 0 Å². The summed E-state index contributed by atoms with van der Waals surface area (Å²) in [6.45, 7) is 2.96. The van der Waals surface area contributed by atoms with Crippen LogP contribution in [0.15, 0.2) is 12.1 Å². The molecule has 1 aromatic heterocycles. The van der Waals surface area contributed by atoms with E-state index >= 15 is 0 Å². The highest BCUT2D eigenvalue weighted by molar-refractivity contribution is 7.13. The summed E-state index contributed by atoms with van der Waals surface area (Å²) >= 11 is 1.46. The number of carboxylic acids is 1. The molecule has 7 heteroatoms. The Labute approximate surface area is 138 Å². The maximum absolute atomic E-state index is 12.3. The van der Waals surface area contributed by atoms with E-state index in [2.05, 4.69) is 5.32 Å². The van der Waals surface area contributed by atoms with E-state index in [4.69, 9.17) is 0 Å². The van der Waals surface area contributed by atoms with Gasteiger partial charge in [0.2, 0.25) is 5.91 Å². The summed E-state index contributed by atoms with van der Waals surface area (Å²) in [5, 5.41) is 12.2. The van der Waals surface area contributed by atoms with E-state index < -0.39 is 11.4 Å². The summed E-state index contributed by atoms with van der Waals surface area (Å²) in [6, 6.07) is 3.77. The minimum Gasteiger partial charge on any atom is -0.480 e. The zero-order valence-corrected chi connectivity index (χ0v) is 13.8. The van der Waals surface area contributed by atoms with E-state index in [1.165, 1.54) is 11.3 Å². The standard InChI is InChI=1S/C16H20N2O4S/c1-10-2-3-12(23-10)13(19)17-11-4-8-18(9-5-11)14(20)16(6-7-16)15(21)22/h2-3,11H,4-9H2,1H3,(H,17,19)(H,21,22). The molecule has 1 aliphatic heterocycles. The van der Waals surface area contributed by atoms with Gasteiger partial charge in [-0.3, -0.25) is 14.4 Å². The molecule has 1 saturated carbocycles. The Balaban J connectivity index is 1.52. The molecule has 2 fully saturated rings. The quantitative estimate of drug-likeness (QED) is 0.819. The second-order valence-electron chi connectivity index (χ2n) is 6.34. The van der Waals surface area contributed by atoms with Crippen molar-refractivity contribution in [3.63, 3.8) is 0 Å². The van der Waals surface area contributed by atoms with Crippen LogP contribution in [0.3, 0.4) is 0 Å². The summed E-state index contributed by atoms with van der Waals surface area (Å²) < 4.78 is 0. The van der Waals surface area contributed by atoms with Gasteiger partial charge in [-0.25, -0.2) is 0 Å². The minimum absolute atomic E-state index is 0.0361. The fourth-order valence-corrected chi connectivity index (χ4v) is 3.76. The summed E-state index contributed by atoms with van der Waals surface area (Å²) in [4.78, 5) is 39.1. The van der Waals surface area contributed by atoms with Crippen molar-refractivity contribution in [3.8, 4) is 0 Å². The molecule has 1 saturated heterocycles. The summed E-state index contributed by atoms with van der Waals surface area (Å²) in [7, 11) is 0. The second kappa shape index (κ2) is 5.96. The topological polar surface area (TPSA) is 86.7 Å². The van der Waals surface area contributed by atoms with Crippen LogP contribution in [0.1, 0.15) is 40.2 Å². The van der Waals surface area contributed by atoms with Crippen LogP contribution < -0.4 is 5.32 Å². The second-order valence-corrected chi connectivity index (χ2v) is 7.63. The molecule has 2 heterocycles. The highest BCUT2D eigenvalue weighted by Gasteiger charge is 2.58. The average molecular weight is 336 g/mol. The summed E-state index contributed by atoms with van der Waals surface area (Å²) in [5.41, 5.74) is -1.16. The van der Waals surface area contributed by atoms with E-state index in [-0.39, 0.29) is 17.9 Å². The molecule has 0 atom stereocenters. The van der Waals surface area contributed by atoms with Gasteiger partial charge < -0.3 is 15.3 Å². The van der Waals surface area contributed by atoms with Gasteiger partial charge >= 0.3 is 5.97 Å². The number of amides is 2. The molecule has 0 unspecified atom stereocenters. The number of hydrogen-bond donors (Lipinski definition) is 2. The Morgan fingerprint density at radius 2 is 1.91 bits per heavy atom. The number of hydrogen-bond acceptors (Lipinski definition) is 4. The first-order valence-corrected chi connectivity index (χ1v) is 8.64. The smallest absolute Gasteiger partial charge is 0.319 e. The Morgan fingerprint density at radius 1 is 1.26 bits per heavy atom. The number of piperidine rings is 1. The van der Waals surface area contributed by atoms with Crippen LogP contribution in [0, 0.1) is 12.3 Å². The van der Waals surface area contributed by atoms with Crippen LogP contribution in [0.4, 0.5) is 0 Å². The van der Waals surface area contributed by atoms with Gasteiger partial charge in [0.1, 0.15) is 5.41 Å². The maximum Gasteiger partial charge on any atom is 0.319 e. The highest BCUT2D eigenvalue weighted by Crippen LogP contribution is 2.47. The molecule has 2 amide bonds. The minimum atomic E-state index is -1.16. The van der Waals surface area contributed by atoms with Crippen molar-refractivity contribution in [1.29, 1.82) is 0 Å². The van der Waals surface area contributed by atoms with E-state index in [0.29, 0.717) is 43.6 Å². The van der Waals surface area contributed by atoms with Crippen LogP contribution in [-0.4, -0.2) is 46.9 Å². The van der Waals surface area contributed by atoms with Crippen molar-refractivity contribution in [1.82, 2.24) is 10.2 Å². The largest absolute Gasteiger partial charge is 0.480 e. The van der Waals surface area contributed by atoms with Gasteiger partial charge in [0.05, 0.1) is 4.88 Å². The number of nitrogens with one attached hydrogen (secondary N) is 1. The van der Waals surface area contributed by atoms with Crippen molar-refractivity contribution < 1.29 is 19.5 Å². The van der Waals surface area contributed by atoms with E-state index in [9.17, 15) is 19.5 Å². The Morgan fingerprint density at radius 3 is 2.39 bits per heavy atom. The van der Waals surface area contributed by atoms with Crippen molar-refractivity contribution >= 4 is 29.1 Å². The number of nitrogens with zero attached hydrogens (tertiary/aromatic N) is 1. The molecule has 3 rings (SSSR count). The van der Waals surface area contributed by atoms with Gasteiger partial charge in [0.15, 0.2) is 0 Å². The Kier molecular flexibility index (Phi) is 4.14. The summed E-state index contributed by atoms with van der Waals surface area (Å²) in [6.07, 6.45) is 2.21. The van der Waals surface area contributed by atoms with Crippen LogP contribution in [0.25, 0.3) is 0 Å². The molecule has 0 spiro atoms. The van der Waals surface area contributed by atoms with Gasteiger partial charge in [-0.05, 0) is 44.7 Å². The number of carbonyl (C=O) groups excluding carboxylic acids is 2. The molecule has 0 radical (unpaired) electrons. The van der Waals surface area contributed by atoms with Gasteiger partial charge in [-0.1, -0.05) is 0 Å². The van der Waals surface area contributed by atoms with Crippen molar-refractivity contribution in [2.45, 2.75) is 38.6 Å². The van der Waals surface area contributed by atoms with E-state index in [1.54, 1.807) is 4.90 Å². The van der Waals surface area contributed by atoms with Gasteiger partial charge in [0, 0.05) is 24.0 Å². The predicted molar refractivity (Wildman–Crippen MR) is 85.4 cm³/mol. The van der Waals surface area contributed by atoms with Gasteiger partial charge in [-0.2, -0.15) is 0 Å². The normalized spacial score (nSPS) is 20.1. The third-order valence-electron chi connectivity index (χ3n) is 4.65. The third-order valence-corrected chi connectivity index (χ3v) is 5.65. The molecular formula is C16H20N2O4S. The van der Waals surface area contributed by atoms with Crippen molar-refractivity contribution in [3.05, 3.63) is 21.9 Å². The molecule has 6 nitrogen and oxygen atoms in total. The molecule has 23 heavy (non-hydrogen) atoms. The molecule has 1 aromatic rings. The molecular weight excluding hydrogens is 316 g/mol. The number of aliphatic carboxylic acids is 1. The lowest BCUT2D eigenvalue weighted by atomic mass is 10.0. The average Bonchev–Trinajstić information content (AvgIpc) is 3.23. The first-order valence-electron chi connectivity index (χ1n) is 7.82. The van der Waals surface area contributed by atoms with Crippen molar-refractivity contribution in [2.24, 2.45) is 5.41 Å². The maximum atomic E-state index is 12.3. The number of thiophene rings is 1. The first kappa shape index (κ1) is 16.0. The molecule has 2 aliphatic rings. The summed E-state index contributed by atoms with van der Waals surface area (Å²) in [5.74, 6) is -1.34. The lowest BCUT2D eigenvalue weighted by Crippen LogP contribution is -2.49. The van der Waals surface area contributed by atoms with Crippen LogP contribution >= 0.6 is 11.3 Å². The highest BCUT2D eigenvalue weighted by atomic mass is 32.1. The fourth-order valence-electron chi connectivity index (χ4n) is 2.99. The lowest BCUT2D eigenvalue weighted by Gasteiger charge is -2.33. The molecule has 2 N–H and O–H groups in total. The predicted octanol–water partition coefficient (Wildman–Crippen LogP) is 1.64. The Bertz CT molecular complexity index is 642.